The predicted octanol–water partition coefficient (Wildman–Crippen LogP) is 2.96. The van der Waals surface area contributed by atoms with Crippen molar-refractivity contribution in [3.8, 4) is 5.75 Å². The van der Waals surface area contributed by atoms with Crippen LogP contribution >= 0.6 is 0 Å². The molecule has 0 aliphatic carbocycles. The van der Waals surface area contributed by atoms with Crippen LogP contribution in [0, 0.1) is 0 Å². The van der Waals surface area contributed by atoms with E-state index in [1.165, 1.54) is 4.90 Å². The Kier molecular flexibility index (Phi) is 13.4. The first-order valence-corrected chi connectivity index (χ1v) is 11.9. The zero-order chi connectivity index (χ0) is 27.1. The maximum atomic E-state index is 12.8. The quantitative estimate of drug-likeness (QED) is 0.251. The van der Waals surface area contributed by atoms with E-state index in [0.29, 0.717) is 25.9 Å². The molecule has 4 N–H and O–H groups in total. The number of phenolic OH excluding ortho intramolecular Hbond substituents is 1. The number of benzene rings is 2. The minimum Gasteiger partial charge on any atom is -0.505 e. The van der Waals surface area contributed by atoms with Crippen molar-refractivity contribution in [3.05, 3.63) is 71.1 Å². The Morgan fingerprint density at radius 2 is 1.61 bits per heavy atom. The lowest BCUT2D eigenvalue weighted by Gasteiger charge is -2.21. The van der Waals surface area contributed by atoms with Gasteiger partial charge in [0.05, 0.1) is 11.3 Å². The zero-order valence-electron chi connectivity index (χ0n) is 21.7. The molecule has 2 aromatic rings. The maximum Gasteiger partial charge on any atom is 0.272 e. The van der Waals surface area contributed by atoms with E-state index in [-0.39, 0.29) is 34.3 Å². The van der Waals surface area contributed by atoms with Crippen LogP contribution in [0.2, 0.25) is 0 Å². The Morgan fingerprint density at radius 3 is 2.17 bits per heavy atom. The lowest BCUT2D eigenvalue weighted by Crippen LogP contribution is -2.32. The van der Waals surface area contributed by atoms with Gasteiger partial charge in [0.15, 0.2) is 12.0 Å². The summed E-state index contributed by atoms with van der Waals surface area (Å²) in [5.41, 5.74) is 1.27. The molecule has 1 aliphatic heterocycles. The molecule has 0 atom stereocenters. The molecule has 9 heteroatoms. The number of nitrogens with zero attached hydrogens (tertiary/aromatic N) is 2. The van der Waals surface area contributed by atoms with E-state index < -0.39 is 5.91 Å². The molecule has 1 fully saturated rings. The molecule has 196 valence electrons. The van der Waals surface area contributed by atoms with Crippen molar-refractivity contribution in [2.24, 2.45) is 0 Å². The van der Waals surface area contributed by atoms with Gasteiger partial charge in [-0.15, -0.1) is 0 Å². The van der Waals surface area contributed by atoms with Crippen molar-refractivity contribution in [3.63, 3.8) is 0 Å². The zero-order valence-corrected chi connectivity index (χ0v) is 21.7. The van der Waals surface area contributed by atoms with E-state index in [1.54, 1.807) is 37.2 Å². The van der Waals surface area contributed by atoms with Gasteiger partial charge in [-0.05, 0) is 30.5 Å². The van der Waals surface area contributed by atoms with Crippen LogP contribution in [0.5, 0.6) is 5.75 Å². The molecule has 2 amide bonds. The first-order valence-electron chi connectivity index (χ1n) is 11.9. The summed E-state index contributed by atoms with van der Waals surface area (Å²) in [5.74, 6) is -0.976. The fraction of sp³-hybridized carbons (Fsp3) is 0.370. The molecule has 1 aliphatic rings. The molecular weight excluding hydrogens is 460 g/mol. The van der Waals surface area contributed by atoms with Crippen LogP contribution in [-0.2, 0) is 16.1 Å². The fourth-order valence-corrected chi connectivity index (χ4v) is 3.48. The maximum absolute atomic E-state index is 12.8. The van der Waals surface area contributed by atoms with Gasteiger partial charge in [0, 0.05) is 40.8 Å². The van der Waals surface area contributed by atoms with Crippen molar-refractivity contribution >= 4 is 23.8 Å². The molecule has 0 radical (unpaired) electrons. The van der Waals surface area contributed by atoms with Crippen molar-refractivity contribution in [2.45, 2.75) is 33.2 Å². The number of phenols is 1. The highest BCUT2D eigenvalue weighted by atomic mass is 16.3. The van der Waals surface area contributed by atoms with E-state index in [4.69, 9.17) is 5.11 Å². The van der Waals surface area contributed by atoms with Crippen LogP contribution < -0.4 is 10.6 Å². The molecule has 2 aromatic carbocycles. The number of aliphatic hydroxyl groups excluding tert-OH is 1. The first kappa shape index (κ1) is 30.2. The second-order valence-corrected chi connectivity index (χ2v) is 7.77. The normalized spacial score (nSPS) is 12.7. The summed E-state index contributed by atoms with van der Waals surface area (Å²) in [5, 5.41) is 23.6. The van der Waals surface area contributed by atoms with E-state index in [0.717, 1.165) is 25.5 Å². The highest BCUT2D eigenvalue weighted by Gasteiger charge is 2.25. The molecule has 0 spiro atoms. The molecule has 0 bridgehead atoms. The fourth-order valence-electron chi connectivity index (χ4n) is 3.48. The largest absolute Gasteiger partial charge is 0.505 e. The van der Waals surface area contributed by atoms with Crippen molar-refractivity contribution in [1.82, 2.24) is 15.1 Å². The number of nitrogens with one attached hydrogen (secondary N) is 2. The van der Waals surface area contributed by atoms with Gasteiger partial charge in [0.1, 0.15) is 11.4 Å². The molecule has 0 unspecified atom stereocenters. The number of para-hydroxylation sites is 1. The number of aldehydes is 1. The average molecular weight is 499 g/mol. The number of aromatic hydroxyl groups is 1. The number of carbonyl (C=O) groups is 3. The minimum atomic E-state index is -0.455. The van der Waals surface area contributed by atoms with Crippen molar-refractivity contribution in [1.29, 1.82) is 0 Å². The van der Waals surface area contributed by atoms with Crippen LogP contribution in [0.25, 0.3) is 0 Å². The van der Waals surface area contributed by atoms with Crippen LogP contribution in [-0.4, -0.2) is 72.4 Å². The monoisotopic (exact) mass is 498 g/mol. The van der Waals surface area contributed by atoms with Crippen LogP contribution in [0.3, 0.4) is 0 Å². The van der Waals surface area contributed by atoms with E-state index in [9.17, 15) is 19.5 Å². The summed E-state index contributed by atoms with van der Waals surface area (Å²) in [7, 11) is 4.13. The van der Waals surface area contributed by atoms with Gasteiger partial charge in [-0.1, -0.05) is 50.2 Å². The number of allylic oxidation sites excluding steroid dienone is 1. The first-order chi connectivity index (χ1) is 17.4. The molecule has 1 heterocycles. The van der Waals surface area contributed by atoms with E-state index in [1.807, 2.05) is 44.2 Å². The third-order valence-corrected chi connectivity index (χ3v) is 5.25. The number of amides is 2. The third-order valence-electron chi connectivity index (χ3n) is 5.25. The van der Waals surface area contributed by atoms with Crippen molar-refractivity contribution < 1.29 is 24.6 Å². The highest BCUT2D eigenvalue weighted by molar-refractivity contribution is 6.03. The number of anilines is 1. The molecule has 1 saturated heterocycles. The van der Waals surface area contributed by atoms with Gasteiger partial charge in [-0.25, -0.2) is 0 Å². The van der Waals surface area contributed by atoms with Gasteiger partial charge in [0.25, 0.3) is 11.8 Å². The molecule has 9 nitrogen and oxygen atoms in total. The molecular formula is C27H38N4O5. The standard InChI is InChI=1S/C24H28N4O4.C2H6.CH4O/c1-27(2)24(32)21(20(16-29)25-15-17-9-4-3-5-10-17)26-19-12-8-11-18(22(19)30)23(31)28-13-6-7-14-28;2*1-2/h3-5,8-12,16,25-26,30H,6-7,13-15H2,1-2H3;1-2H3;2H,1H3/b21-20-;;. The average Bonchev–Trinajstić information content (AvgIpc) is 3.46. The number of carbonyl (C=O) groups excluding carboxylic acids is 3. The minimum absolute atomic E-state index is 0.0259. The summed E-state index contributed by atoms with van der Waals surface area (Å²) in [6.07, 6.45) is 2.43. The molecule has 0 aromatic heterocycles. The molecule has 3 rings (SSSR count). The number of rotatable bonds is 8. The SMILES string of the molecule is CC.CN(C)C(=O)/C(Nc1cccc(C(=O)N2CCCC2)c1O)=C(\C=O)NCc1ccccc1.CO. The highest BCUT2D eigenvalue weighted by Crippen LogP contribution is 2.31. The Bertz CT molecular complexity index is 1020. The Balaban J connectivity index is 0.00000154. The number of aliphatic hydroxyl groups is 1. The van der Waals surface area contributed by atoms with Crippen LogP contribution in [0.15, 0.2) is 59.9 Å². The predicted molar refractivity (Wildman–Crippen MR) is 141 cm³/mol. The van der Waals surface area contributed by atoms with Gasteiger partial charge >= 0.3 is 0 Å². The number of hydrogen-bond acceptors (Lipinski definition) is 7. The molecule has 36 heavy (non-hydrogen) atoms. The number of hydrogen-bond donors (Lipinski definition) is 4. The lowest BCUT2D eigenvalue weighted by molar-refractivity contribution is -0.124. The third kappa shape index (κ3) is 8.13. The summed E-state index contributed by atoms with van der Waals surface area (Å²) in [6, 6.07) is 14.2. The van der Waals surface area contributed by atoms with Crippen molar-refractivity contribution in [2.75, 3.05) is 39.6 Å². The van der Waals surface area contributed by atoms with E-state index >= 15 is 0 Å². The van der Waals surface area contributed by atoms with Gasteiger partial charge in [-0.3, -0.25) is 14.4 Å². The Hall–Kier alpha value is -3.85. The second-order valence-electron chi connectivity index (χ2n) is 7.77. The number of likely N-dealkylation sites (tertiary alicyclic amines) is 1. The van der Waals surface area contributed by atoms with Gasteiger partial charge in [-0.2, -0.15) is 0 Å². The second kappa shape index (κ2) is 15.9. The van der Waals surface area contributed by atoms with Gasteiger partial charge in [0.2, 0.25) is 0 Å². The Labute approximate surface area is 213 Å². The lowest BCUT2D eigenvalue weighted by atomic mass is 10.1. The topological polar surface area (TPSA) is 122 Å². The molecule has 0 saturated carbocycles. The smallest absolute Gasteiger partial charge is 0.272 e. The van der Waals surface area contributed by atoms with Crippen LogP contribution in [0.4, 0.5) is 5.69 Å². The summed E-state index contributed by atoms with van der Waals surface area (Å²) in [6.45, 7) is 5.64. The van der Waals surface area contributed by atoms with Gasteiger partial charge < -0.3 is 30.6 Å². The summed E-state index contributed by atoms with van der Waals surface area (Å²) >= 11 is 0. The van der Waals surface area contributed by atoms with Crippen LogP contribution in [0.1, 0.15) is 42.6 Å². The summed E-state index contributed by atoms with van der Waals surface area (Å²) < 4.78 is 0. The van der Waals surface area contributed by atoms with E-state index in [2.05, 4.69) is 10.6 Å². The number of likely N-dealkylation sites (N-methyl/N-ethyl adjacent to an activating group) is 1. The summed E-state index contributed by atoms with van der Waals surface area (Å²) in [4.78, 5) is 40.5. The Morgan fingerprint density at radius 1 is 1.00 bits per heavy atom.